The quantitative estimate of drug-likeness (QED) is 0.757. The lowest BCUT2D eigenvalue weighted by Crippen LogP contribution is -2.69. The summed E-state index contributed by atoms with van der Waals surface area (Å²) in [6, 6.07) is 17.1. The zero-order valence-electron chi connectivity index (χ0n) is 17.5. The van der Waals surface area contributed by atoms with E-state index in [0.29, 0.717) is 6.54 Å². The number of rotatable bonds is 6. The van der Waals surface area contributed by atoms with Crippen molar-refractivity contribution in [2.45, 2.75) is 32.5 Å². The van der Waals surface area contributed by atoms with Crippen LogP contribution >= 0.6 is 0 Å². The Balaban J connectivity index is 1.91. The van der Waals surface area contributed by atoms with E-state index in [1.807, 2.05) is 61.5 Å². The van der Waals surface area contributed by atoms with Crippen molar-refractivity contribution >= 4 is 21.8 Å². The molecule has 2 amide bonds. The van der Waals surface area contributed by atoms with Crippen LogP contribution in [-0.4, -0.2) is 54.3 Å². The number of nitrogens with zero attached hydrogens (tertiary/aromatic N) is 2. The van der Waals surface area contributed by atoms with Crippen LogP contribution in [0.3, 0.4) is 0 Å². The summed E-state index contributed by atoms with van der Waals surface area (Å²) in [6.45, 7) is 3.73. The van der Waals surface area contributed by atoms with E-state index in [4.69, 9.17) is 0 Å². The lowest BCUT2D eigenvalue weighted by atomic mass is 9.94. The fourth-order valence-corrected chi connectivity index (χ4v) is 4.44. The Morgan fingerprint density at radius 2 is 1.73 bits per heavy atom. The molecule has 0 spiro atoms. The number of nitrogens with one attached hydrogen (secondary N) is 1. The fraction of sp³-hybridized carbons (Fsp3) is 0.364. The number of sulfonamides is 1. The first-order chi connectivity index (χ1) is 14.1. The average Bonchev–Trinajstić information content (AvgIpc) is 2.70. The van der Waals surface area contributed by atoms with E-state index >= 15 is 0 Å². The maximum Gasteiger partial charge on any atom is 0.247 e. The van der Waals surface area contributed by atoms with E-state index in [0.717, 1.165) is 27.3 Å². The number of amides is 2. The minimum atomic E-state index is -3.63. The lowest BCUT2D eigenvalue weighted by Gasteiger charge is -2.46. The molecule has 160 valence electrons. The van der Waals surface area contributed by atoms with E-state index in [9.17, 15) is 18.0 Å². The van der Waals surface area contributed by atoms with Gasteiger partial charge in [-0.1, -0.05) is 54.6 Å². The molecule has 1 saturated heterocycles. The van der Waals surface area contributed by atoms with Gasteiger partial charge in [0.05, 0.1) is 12.8 Å². The molecule has 0 radical (unpaired) electrons. The molecule has 2 aromatic rings. The normalized spacial score (nSPS) is 20.2. The van der Waals surface area contributed by atoms with Crippen molar-refractivity contribution in [2.24, 2.45) is 0 Å². The van der Waals surface area contributed by atoms with Crippen molar-refractivity contribution in [3.8, 4) is 0 Å². The fourth-order valence-electron chi connectivity index (χ4n) is 3.61. The summed E-state index contributed by atoms with van der Waals surface area (Å²) in [7, 11) is -3.63. The predicted octanol–water partition coefficient (Wildman–Crippen LogP) is 1.67. The van der Waals surface area contributed by atoms with E-state index in [1.54, 1.807) is 6.92 Å². The van der Waals surface area contributed by atoms with Crippen molar-refractivity contribution in [1.29, 1.82) is 0 Å². The Hall–Kier alpha value is -2.71. The standard InChI is InChI=1S/C22H27N3O4S/c1-17-9-7-8-12-19(17)14-25-20(26)15-24(30(3,28)29)16-22(25,2)21(27)23-13-18-10-5-4-6-11-18/h4-12H,13-16H2,1-3H3,(H,23,27)/t22-/m0/s1. The van der Waals surface area contributed by atoms with Gasteiger partial charge in [-0.15, -0.1) is 0 Å². The zero-order valence-corrected chi connectivity index (χ0v) is 18.3. The molecule has 2 aromatic carbocycles. The summed E-state index contributed by atoms with van der Waals surface area (Å²) in [5, 5.41) is 2.88. The van der Waals surface area contributed by atoms with Crippen LogP contribution in [0.15, 0.2) is 54.6 Å². The van der Waals surface area contributed by atoms with Crippen LogP contribution < -0.4 is 5.32 Å². The first kappa shape index (κ1) is 22.0. The summed E-state index contributed by atoms with van der Waals surface area (Å²) in [5.41, 5.74) is 1.50. The van der Waals surface area contributed by atoms with Crippen LogP contribution in [0.1, 0.15) is 23.6 Å². The number of carbonyl (C=O) groups excluding carboxylic acids is 2. The van der Waals surface area contributed by atoms with Crippen LogP contribution in [0.5, 0.6) is 0 Å². The molecular formula is C22H27N3O4S. The molecule has 1 heterocycles. The molecule has 1 atom stereocenters. The molecule has 0 aromatic heterocycles. The molecule has 1 N–H and O–H groups in total. The molecule has 1 fully saturated rings. The molecule has 0 bridgehead atoms. The van der Waals surface area contributed by atoms with Crippen LogP contribution in [0.4, 0.5) is 0 Å². The molecule has 0 unspecified atom stereocenters. The second kappa shape index (κ2) is 8.57. The number of hydrogen-bond donors (Lipinski definition) is 1. The van der Waals surface area contributed by atoms with Crippen molar-refractivity contribution in [2.75, 3.05) is 19.3 Å². The SMILES string of the molecule is Cc1ccccc1CN1C(=O)CN(S(C)(=O)=O)C[C@@]1(C)C(=O)NCc1ccccc1. The Bertz CT molecular complexity index is 1040. The highest BCUT2D eigenvalue weighted by molar-refractivity contribution is 7.88. The second-order valence-electron chi connectivity index (χ2n) is 7.88. The molecule has 7 nitrogen and oxygen atoms in total. The molecular weight excluding hydrogens is 402 g/mol. The topological polar surface area (TPSA) is 86.8 Å². The minimum Gasteiger partial charge on any atom is -0.350 e. The molecule has 1 aliphatic heterocycles. The summed E-state index contributed by atoms with van der Waals surface area (Å²) >= 11 is 0. The molecule has 30 heavy (non-hydrogen) atoms. The predicted molar refractivity (Wildman–Crippen MR) is 115 cm³/mol. The largest absolute Gasteiger partial charge is 0.350 e. The van der Waals surface area contributed by atoms with E-state index in [2.05, 4.69) is 5.32 Å². The molecule has 1 aliphatic rings. The van der Waals surface area contributed by atoms with Crippen LogP contribution in [0, 0.1) is 6.92 Å². The number of hydrogen-bond acceptors (Lipinski definition) is 4. The molecule has 3 rings (SSSR count). The van der Waals surface area contributed by atoms with Crippen LogP contribution in [0.25, 0.3) is 0 Å². The van der Waals surface area contributed by atoms with Gasteiger partial charge in [-0.3, -0.25) is 9.59 Å². The highest BCUT2D eigenvalue weighted by Crippen LogP contribution is 2.27. The lowest BCUT2D eigenvalue weighted by molar-refractivity contribution is -0.153. The minimum absolute atomic E-state index is 0.0932. The summed E-state index contributed by atoms with van der Waals surface area (Å²) < 4.78 is 25.4. The first-order valence-electron chi connectivity index (χ1n) is 9.73. The number of piperazine rings is 1. The van der Waals surface area contributed by atoms with E-state index < -0.39 is 21.5 Å². The number of carbonyl (C=O) groups is 2. The van der Waals surface area contributed by atoms with Gasteiger partial charge in [0.2, 0.25) is 21.8 Å². The maximum absolute atomic E-state index is 13.3. The van der Waals surface area contributed by atoms with Gasteiger partial charge < -0.3 is 10.2 Å². The zero-order chi connectivity index (χ0) is 21.9. The van der Waals surface area contributed by atoms with Gasteiger partial charge in [0.1, 0.15) is 5.54 Å². The Morgan fingerprint density at radius 1 is 1.10 bits per heavy atom. The van der Waals surface area contributed by atoms with Gasteiger partial charge in [-0.25, -0.2) is 8.42 Å². The average molecular weight is 430 g/mol. The number of aryl methyl sites for hydroxylation is 1. The highest BCUT2D eigenvalue weighted by Gasteiger charge is 2.49. The van der Waals surface area contributed by atoms with E-state index in [1.165, 1.54) is 4.90 Å². The van der Waals surface area contributed by atoms with Crippen molar-refractivity contribution < 1.29 is 18.0 Å². The van der Waals surface area contributed by atoms with Gasteiger partial charge in [-0.2, -0.15) is 4.31 Å². The third kappa shape index (κ3) is 4.71. The van der Waals surface area contributed by atoms with E-state index in [-0.39, 0.29) is 25.5 Å². The third-order valence-corrected chi connectivity index (χ3v) is 6.73. The Labute approximate surface area is 177 Å². The first-order valence-corrected chi connectivity index (χ1v) is 11.6. The third-order valence-electron chi connectivity index (χ3n) is 5.54. The smallest absolute Gasteiger partial charge is 0.247 e. The molecule has 8 heteroatoms. The van der Waals surface area contributed by atoms with Crippen molar-refractivity contribution in [3.63, 3.8) is 0 Å². The summed E-state index contributed by atoms with van der Waals surface area (Å²) in [6.07, 6.45) is 1.06. The van der Waals surface area contributed by atoms with Crippen LogP contribution in [0.2, 0.25) is 0 Å². The summed E-state index contributed by atoms with van der Waals surface area (Å²) in [5.74, 6) is -0.783. The van der Waals surface area contributed by atoms with Gasteiger partial charge in [0.25, 0.3) is 0 Å². The van der Waals surface area contributed by atoms with Gasteiger partial charge in [0, 0.05) is 19.6 Å². The van der Waals surface area contributed by atoms with Gasteiger partial charge in [-0.05, 0) is 30.5 Å². The molecule has 0 saturated carbocycles. The Kier molecular flexibility index (Phi) is 6.28. The summed E-state index contributed by atoms with van der Waals surface area (Å²) in [4.78, 5) is 27.8. The maximum atomic E-state index is 13.3. The van der Waals surface area contributed by atoms with Crippen molar-refractivity contribution in [1.82, 2.24) is 14.5 Å². The molecule has 0 aliphatic carbocycles. The van der Waals surface area contributed by atoms with Crippen LogP contribution in [-0.2, 0) is 32.7 Å². The van der Waals surface area contributed by atoms with Gasteiger partial charge >= 0.3 is 0 Å². The van der Waals surface area contributed by atoms with Crippen molar-refractivity contribution in [3.05, 3.63) is 71.3 Å². The highest BCUT2D eigenvalue weighted by atomic mass is 32.2. The number of benzene rings is 2. The van der Waals surface area contributed by atoms with Gasteiger partial charge in [0.15, 0.2) is 0 Å². The monoisotopic (exact) mass is 429 g/mol. The Morgan fingerprint density at radius 3 is 2.37 bits per heavy atom. The second-order valence-corrected chi connectivity index (χ2v) is 9.86.